The Morgan fingerprint density at radius 1 is 1.30 bits per heavy atom. The summed E-state index contributed by atoms with van der Waals surface area (Å²) in [6, 6.07) is 5.18. The molecule has 108 valence electrons. The van der Waals surface area contributed by atoms with Gasteiger partial charge in [0.05, 0.1) is 5.56 Å². The monoisotopic (exact) mass is 277 g/mol. The Morgan fingerprint density at radius 2 is 2.10 bits per heavy atom. The highest BCUT2D eigenvalue weighted by Gasteiger charge is 2.22. The number of esters is 1. The molecule has 5 nitrogen and oxygen atoms in total. The van der Waals surface area contributed by atoms with Gasteiger partial charge in [-0.3, -0.25) is 0 Å². The zero-order valence-electron chi connectivity index (χ0n) is 11.6. The van der Waals surface area contributed by atoms with Gasteiger partial charge in [-0.15, -0.1) is 0 Å². The minimum atomic E-state index is -0.290. The summed E-state index contributed by atoms with van der Waals surface area (Å²) in [4.78, 5) is 14.4. The van der Waals surface area contributed by atoms with Crippen molar-refractivity contribution in [2.75, 3.05) is 33.4 Å². The van der Waals surface area contributed by atoms with Crippen molar-refractivity contribution in [3.63, 3.8) is 0 Å². The molecule has 1 saturated heterocycles. The van der Waals surface area contributed by atoms with E-state index in [-0.39, 0.29) is 12.1 Å². The molecule has 0 aromatic heterocycles. The summed E-state index contributed by atoms with van der Waals surface area (Å²) in [5.74, 6) is 1.01. The van der Waals surface area contributed by atoms with Gasteiger partial charge >= 0.3 is 5.97 Å². The van der Waals surface area contributed by atoms with Crippen molar-refractivity contribution in [2.45, 2.75) is 18.9 Å². The molecule has 1 aromatic rings. The lowest BCUT2D eigenvalue weighted by Crippen LogP contribution is -2.38. The SMILES string of the molecule is CN1CCC[C@@H](OC(=O)c2ccc3c(c2)OCCO3)C1. The molecule has 2 aliphatic rings. The Balaban J connectivity index is 1.67. The van der Waals surface area contributed by atoms with Crippen LogP contribution in [0, 0.1) is 0 Å². The molecular weight excluding hydrogens is 258 g/mol. The quantitative estimate of drug-likeness (QED) is 0.770. The van der Waals surface area contributed by atoms with E-state index in [0.29, 0.717) is 30.3 Å². The summed E-state index contributed by atoms with van der Waals surface area (Å²) in [5.41, 5.74) is 0.516. The Labute approximate surface area is 118 Å². The van der Waals surface area contributed by atoms with Crippen LogP contribution >= 0.6 is 0 Å². The topological polar surface area (TPSA) is 48.0 Å². The lowest BCUT2D eigenvalue weighted by molar-refractivity contribution is 0.0108. The molecule has 2 heterocycles. The molecule has 5 heteroatoms. The molecular formula is C15H19NO4. The van der Waals surface area contributed by atoms with E-state index in [1.54, 1.807) is 18.2 Å². The Kier molecular flexibility index (Phi) is 3.78. The van der Waals surface area contributed by atoms with E-state index in [9.17, 15) is 4.79 Å². The minimum absolute atomic E-state index is 0.0190. The molecule has 1 fully saturated rings. The number of piperidine rings is 1. The number of rotatable bonds is 2. The number of carbonyl (C=O) groups excluding carboxylic acids is 1. The largest absolute Gasteiger partial charge is 0.486 e. The zero-order valence-corrected chi connectivity index (χ0v) is 11.6. The van der Waals surface area contributed by atoms with Gasteiger partial charge in [0.2, 0.25) is 0 Å². The van der Waals surface area contributed by atoms with Crippen LogP contribution in [0.1, 0.15) is 23.2 Å². The molecule has 20 heavy (non-hydrogen) atoms. The zero-order chi connectivity index (χ0) is 13.9. The third-order valence-corrected chi connectivity index (χ3v) is 3.63. The van der Waals surface area contributed by atoms with Crippen LogP contribution in [0.2, 0.25) is 0 Å². The van der Waals surface area contributed by atoms with Gasteiger partial charge in [-0.05, 0) is 44.6 Å². The second-order valence-corrected chi connectivity index (χ2v) is 5.29. The lowest BCUT2D eigenvalue weighted by Gasteiger charge is -2.29. The van der Waals surface area contributed by atoms with E-state index in [4.69, 9.17) is 14.2 Å². The molecule has 0 saturated carbocycles. The number of ether oxygens (including phenoxy) is 3. The van der Waals surface area contributed by atoms with Gasteiger partial charge in [-0.1, -0.05) is 0 Å². The van der Waals surface area contributed by atoms with Crippen LogP contribution in [-0.4, -0.2) is 50.3 Å². The number of likely N-dealkylation sites (N-methyl/N-ethyl adjacent to an activating group) is 1. The van der Waals surface area contributed by atoms with Crippen molar-refractivity contribution in [3.05, 3.63) is 23.8 Å². The predicted molar refractivity (Wildman–Crippen MR) is 73.4 cm³/mol. The molecule has 0 spiro atoms. The van der Waals surface area contributed by atoms with Crippen molar-refractivity contribution in [3.8, 4) is 11.5 Å². The highest BCUT2D eigenvalue weighted by molar-refractivity contribution is 5.90. The van der Waals surface area contributed by atoms with Crippen molar-refractivity contribution in [1.82, 2.24) is 4.90 Å². The van der Waals surface area contributed by atoms with Crippen molar-refractivity contribution in [1.29, 1.82) is 0 Å². The summed E-state index contributed by atoms with van der Waals surface area (Å²) in [6.45, 7) is 2.93. The summed E-state index contributed by atoms with van der Waals surface area (Å²) >= 11 is 0. The van der Waals surface area contributed by atoms with Crippen LogP contribution in [-0.2, 0) is 4.74 Å². The van der Waals surface area contributed by atoms with Gasteiger partial charge in [-0.25, -0.2) is 4.79 Å². The first kappa shape index (κ1) is 13.2. The van der Waals surface area contributed by atoms with E-state index in [1.807, 2.05) is 7.05 Å². The van der Waals surface area contributed by atoms with Gasteiger partial charge in [0.25, 0.3) is 0 Å². The molecule has 0 bridgehead atoms. The third-order valence-electron chi connectivity index (χ3n) is 3.63. The number of hydrogen-bond acceptors (Lipinski definition) is 5. The van der Waals surface area contributed by atoms with Crippen molar-refractivity contribution in [2.24, 2.45) is 0 Å². The van der Waals surface area contributed by atoms with Gasteiger partial charge in [-0.2, -0.15) is 0 Å². The van der Waals surface area contributed by atoms with E-state index in [1.165, 1.54) is 0 Å². The second-order valence-electron chi connectivity index (χ2n) is 5.29. The molecule has 0 N–H and O–H groups in total. The number of hydrogen-bond donors (Lipinski definition) is 0. The normalized spacial score (nSPS) is 22.4. The Bertz CT molecular complexity index is 503. The van der Waals surface area contributed by atoms with E-state index < -0.39 is 0 Å². The van der Waals surface area contributed by atoms with Crippen LogP contribution in [0.3, 0.4) is 0 Å². The number of carbonyl (C=O) groups is 1. The van der Waals surface area contributed by atoms with Crippen LogP contribution < -0.4 is 9.47 Å². The highest BCUT2D eigenvalue weighted by Crippen LogP contribution is 2.31. The summed E-state index contributed by atoms with van der Waals surface area (Å²) < 4.78 is 16.5. The Morgan fingerprint density at radius 3 is 2.90 bits per heavy atom. The first-order valence-corrected chi connectivity index (χ1v) is 7.01. The van der Waals surface area contributed by atoms with E-state index in [2.05, 4.69) is 4.90 Å². The second kappa shape index (κ2) is 5.71. The molecule has 0 amide bonds. The standard InChI is InChI=1S/C15H19NO4/c1-16-6-2-3-12(10-16)20-15(17)11-4-5-13-14(9-11)19-8-7-18-13/h4-5,9,12H,2-3,6-8,10H2,1H3/t12-/m1/s1. The number of likely N-dealkylation sites (tertiary alicyclic amines) is 1. The van der Waals surface area contributed by atoms with E-state index in [0.717, 1.165) is 25.9 Å². The van der Waals surface area contributed by atoms with Gasteiger partial charge in [0.15, 0.2) is 11.5 Å². The molecule has 3 rings (SSSR count). The smallest absolute Gasteiger partial charge is 0.338 e. The first-order chi connectivity index (χ1) is 9.72. The number of nitrogens with zero attached hydrogens (tertiary/aromatic N) is 1. The first-order valence-electron chi connectivity index (χ1n) is 7.01. The van der Waals surface area contributed by atoms with Crippen LogP contribution in [0.5, 0.6) is 11.5 Å². The maximum absolute atomic E-state index is 12.2. The maximum atomic E-state index is 12.2. The van der Waals surface area contributed by atoms with Crippen LogP contribution in [0.25, 0.3) is 0 Å². The molecule has 1 atom stereocenters. The van der Waals surface area contributed by atoms with Gasteiger partial charge in [0, 0.05) is 6.54 Å². The van der Waals surface area contributed by atoms with Crippen molar-refractivity contribution >= 4 is 5.97 Å². The third kappa shape index (κ3) is 2.88. The summed E-state index contributed by atoms with van der Waals surface area (Å²) in [5, 5.41) is 0. The average Bonchev–Trinajstić information content (AvgIpc) is 2.47. The van der Waals surface area contributed by atoms with Crippen LogP contribution in [0.15, 0.2) is 18.2 Å². The Hall–Kier alpha value is -1.75. The lowest BCUT2D eigenvalue weighted by atomic mass is 10.1. The average molecular weight is 277 g/mol. The van der Waals surface area contributed by atoms with Gasteiger partial charge < -0.3 is 19.1 Å². The summed E-state index contributed by atoms with van der Waals surface area (Å²) in [6.07, 6.45) is 1.98. The predicted octanol–water partition coefficient (Wildman–Crippen LogP) is 1.71. The minimum Gasteiger partial charge on any atom is -0.486 e. The molecule has 0 aliphatic carbocycles. The number of benzene rings is 1. The molecule has 0 unspecified atom stereocenters. The highest BCUT2D eigenvalue weighted by atomic mass is 16.6. The maximum Gasteiger partial charge on any atom is 0.338 e. The van der Waals surface area contributed by atoms with Crippen molar-refractivity contribution < 1.29 is 19.0 Å². The van der Waals surface area contributed by atoms with E-state index >= 15 is 0 Å². The van der Waals surface area contributed by atoms with Crippen LogP contribution in [0.4, 0.5) is 0 Å². The van der Waals surface area contributed by atoms with Gasteiger partial charge in [0.1, 0.15) is 19.3 Å². The number of fused-ring (bicyclic) bond motifs is 1. The fourth-order valence-electron chi connectivity index (χ4n) is 2.61. The fraction of sp³-hybridized carbons (Fsp3) is 0.533. The fourth-order valence-corrected chi connectivity index (χ4v) is 2.61. The molecule has 0 radical (unpaired) electrons. The molecule has 1 aromatic carbocycles. The molecule has 2 aliphatic heterocycles. The summed E-state index contributed by atoms with van der Waals surface area (Å²) in [7, 11) is 2.05.